The third-order valence-corrected chi connectivity index (χ3v) is 6.05. The van der Waals surface area contributed by atoms with Gasteiger partial charge in [0.25, 0.3) is 0 Å². The van der Waals surface area contributed by atoms with Crippen LogP contribution in [0.15, 0.2) is 42.9 Å². The van der Waals surface area contributed by atoms with Crippen molar-refractivity contribution in [1.82, 2.24) is 31.2 Å². The van der Waals surface area contributed by atoms with E-state index in [0.717, 1.165) is 0 Å². The highest BCUT2D eigenvalue weighted by molar-refractivity contribution is 5.96. The Bertz CT molecular complexity index is 1300. The van der Waals surface area contributed by atoms with Crippen LogP contribution < -0.4 is 32.7 Å². The molecule has 0 radical (unpaired) electrons. The Morgan fingerprint density at radius 3 is 1.91 bits per heavy atom. The summed E-state index contributed by atoms with van der Waals surface area (Å²) in [6, 6.07) is 1.68. The molecule has 0 unspecified atom stereocenters. The van der Waals surface area contributed by atoms with Gasteiger partial charge in [0.1, 0.15) is 24.2 Å². The van der Waals surface area contributed by atoms with Gasteiger partial charge < -0.3 is 47.9 Å². The van der Waals surface area contributed by atoms with Crippen LogP contribution in [0.4, 0.5) is 0 Å². The maximum absolute atomic E-state index is 13.4. The number of carboxylic acids is 2. The molecule has 232 valence electrons. The monoisotopic (exact) mass is 602 g/mol. The van der Waals surface area contributed by atoms with E-state index in [2.05, 4.69) is 31.2 Å². The fourth-order valence-electron chi connectivity index (χ4n) is 3.79. The van der Waals surface area contributed by atoms with E-state index in [1.807, 2.05) is 0 Å². The number of hydrogen-bond donors (Lipinski definition) is 9. The van der Waals surface area contributed by atoms with E-state index in [9.17, 15) is 33.6 Å². The predicted octanol–water partition coefficient (Wildman–Crippen LogP) is -3.08. The molecule has 1 heterocycles. The number of nitrogens with two attached hydrogens (primary N) is 2. The van der Waals surface area contributed by atoms with E-state index in [4.69, 9.17) is 21.7 Å². The molecule has 0 bridgehead atoms. The van der Waals surface area contributed by atoms with E-state index in [1.165, 1.54) is 19.4 Å². The summed E-state index contributed by atoms with van der Waals surface area (Å²) in [5.41, 5.74) is 11.9. The smallest absolute Gasteiger partial charge is 0.305 e. The van der Waals surface area contributed by atoms with E-state index < -0.39 is 84.5 Å². The SMILES string of the molecule is C[C@H](NC(=O)[C@H](Cc1ccccc1)NC(=O)[C@H](Cc1cnc[nH]1)NC(=O)[C@@H](N)CC(=O)O)C(=O)N[C@@H](CC(=O)O)C(N)=O. The molecule has 43 heavy (non-hydrogen) atoms. The second-order valence-corrected chi connectivity index (χ2v) is 9.59. The van der Waals surface area contributed by atoms with Gasteiger partial charge >= 0.3 is 11.9 Å². The number of aliphatic carboxylic acids is 2. The molecular weight excluding hydrogens is 568 g/mol. The van der Waals surface area contributed by atoms with Crippen molar-refractivity contribution < 1.29 is 43.8 Å². The number of nitrogens with one attached hydrogen (secondary N) is 5. The number of nitrogens with zero attached hydrogens (tertiary/aromatic N) is 1. The summed E-state index contributed by atoms with van der Waals surface area (Å²) in [6.45, 7) is 1.28. The molecule has 0 saturated heterocycles. The standard InChI is InChI=1S/C26H34N8O9/c1-13(23(40)32-17(22(28)39)10-21(37)38)31-25(42)18(7-14-5-3-2-4-6-14)34-26(43)19(8-15-11-29-12-30-15)33-24(41)16(27)9-20(35)36/h2-6,11-13,16-19H,7-10,27H2,1H3,(H2,28,39)(H,29,30)(H,31,42)(H,32,40)(H,33,41)(H,34,43)(H,35,36)(H,37,38)/t13-,16-,17-,18-,19-/m0/s1. The number of rotatable bonds is 17. The molecule has 0 aliphatic carbocycles. The van der Waals surface area contributed by atoms with Crippen molar-refractivity contribution in [3.8, 4) is 0 Å². The molecule has 17 heteroatoms. The molecule has 1 aromatic heterocycles. The van der Waals surface area contributed by atoms with Gasteiger partial charge in [0.15, 0.2) is 0 Å². The minimum atomic E-state index is -1.52. The van der Waals surface area contributed by atoms with Gasteiger partial charge in [0.05, 0.1) is 25.2 Å². The van der Waals surface area contributed by atoms with Crippen LogP contribution in [0.25, 0.3) is 0 Å². The third kappa shape index (κ3) is 11.6. The Morgan fingerprint density at radius 1 is 0.791 bits per heavy atom. The number of H-pyrrole nitrogens is 1. The minimum absolute atomic E-state index is 0.0427. The van der Waals surface area contributed by atoms with Gasteiger partial charge in [-0.05, 0) is 12.5 Å². The van der Waals surface area contributed by atoms with Crippen molar-refractivity contribution in [3.63, 3.8) is 0 Å². The maximum Gasteiger partial charge on any atom is 0.305 e. The number of carboxylic acid groups (broad SMARTS) is 2. The second kappa shape index (κ2) is 16.2. The Balaban J connectivity index is 2.24. The van der Waals surface area contributed by atoms with Crippen molar-refractivity contribution in [3.05, 3.63) is 54.1 Å². The highest BCUT2D eigenvalue weighted by atomic mass is 16.4. The molecule has 11 N–H and O–H groups in total. The summed E-state index contributed by atoms with van der Waals surface area (Å²) in [5.74, 6) is -7.25. The molecule has 0 fully saturated rings. The van der Waals surface area contributed by atoms with E-state index in [-0.39, 0.29) is 12.8 Å². The number of carbonyl (C=O) groups excluding carboxylic acids is 5. The topological polar surface area (TPSA) is 289 Å². The molecule has 0 aliphatic heterocycles. The first-order chi connectivity index (χ1) is 20.3. The Labute approximate surface area is 245 Å². The predicted molar refractivity (Wildman–Crippen MR) is 148 cm³/mol. The van der Waals surface area contributed by atoms with Gasteiger partial charge in [-0.3, -0.25) is 33.6 Å². The molecule has 2 rings (SSSR count). The number of imidazole rings is 1. The summed E-state index contributed by atoms with van der Waals surface area (Å²) in [4.78, 5) is 92.0. The van der Waals surface area contributed by atoms with Crippen molar-refractivity contribution in [1.29, 1.82) is 0 Å². The normalized spacial score (nSPS) is 14.2. The van der Waals surface area contributed by atoms with Crippen LogP contribution in [0, 0.1) is 0 Å². The molecule has 0 aliphatic rings. The Kier molecular flexibility index (Phi) is 12.8. The number of aromatic nitrogens is 2. The molecule has 0 saturated carbocycles. The summed E-state index contributed by atoms with van der Waals surface area (Å²) in [5, 5.41) is 27.4. The van der Waals surface area contributed by atoms with Crippen LogP contribution in [0.2, 0.25) is 0 Å². The highest BCUT2D eigenvalue weighted by Crippen LogP contribution is 2.07. The summed E-state index contributed by atoms with van der Waals surface area (Å²) < 4.78 is 0. The van der Waals surface area contributed by atoms with Gasteiger partial charge in [-0.25, -0.2) is 4.98 Å². The van der Waals surface area contributed by atoms with Crippen LogP contribution in [0.3, 0.4) is 0 Å². The van der Waals surface area contributed by atoms with Crippen LogP contribution in [-0.4, -0.2) is 91.9 Å². The number of hydrogen-bond acceptors (Lipinski definition) is 9. The van der Waals surface area contributed by atoms with Crippen LogP contribution in [0.5, 0.6) is 0 Å². The lowest BCUT2D eigenvalue weighted by molar-refractivity contribution is -0.140. The number of aromatic amines is 1. The first-order valence-corrected chi connectivity index (χ1v) is 13.0. The molecule has 17 nitrogen and oxygen atoms in total. The van der Waals surface area contributed by atoms with E-state index in [0.29, 0.717) is 11.3 Å². The average Bonchev–Trinajstić information content (AvgIpc) is 3.44. The van der Waals surface area contributed by atoms with Crippen LogP contribution in [-0.2, 0) is 46.4 Å². The number of benzene rings is 1. The van der Waals surface area contributed by atoms with Crippen molar-refractivity contribution >= 4 is 41.5 Å². The van der Waals surface area contributed by atoms with Crippen molar-refractivity contribution in [2.45, 2.75) is 62.8 Å². The summed E-state index contributed by atoms with van der Waals surface area (Å²) >= 11 is 0. The highest BCUT2D eigenvalue weighted by Gasteiger charge is 2.31. The second-order valence-electron chi connectivity index (χ2n) is 9.59. The average molecular weight is 603 g/mol. The summed E-state index contributed by atoms with van der Waals surface area (Å²) in [6.07, 6.45) is 1.13. The number of primary amides is 1. The zero-order valence-corrected chi connectivity index (χ0v) is 23.1. The largest absolute Gasteiger partial charge is 0.481 e. The minimum Gasteiger partial charge on any atom is -0.481 e. The maximum atomic E-state index is 13.4. The van der Waals surface area contributed by atoms with Crippen LogP contribution >= 0.6 is 0 Å². The zero-order valence-electron chi connectivity index (χ0n) is 23.1. The lowest BCUT2D eigenvalue weighted by atomic mass is 10.0. The molecule has 1 aromatic carbocycles. The molecule has 5 atom stereocenters. The lowest BCUT2D eigenvalue weighted by Crippen LogP contribution is -2.59. The molecular formula is C26H34N8O9. The quantitative estimate of drug-likeness (QED) is 0.0874. The number of carbonyl (C=O) groups is 7. The third-order valence-electron chi connectivity index (χ3n) is 6.05. The molecule has 0 spiro atoms. The first kappa shape index (κ1) is 33.9. The number of amides is 5. The van der Waals surface area contributed by atoms with Gasteiger partial charge in [-0.1, -0.05) is 30.3 Å². The Hall–Kier alpha value is -5.32. The van der Waals surface area contributed by atoms with Gasteiger partial charge in [-0.15, -0.1) is 0 Å². The fraction of sp³-hybridized carbons (Fsp3) is 0.385. The summed E-state index contributed by atoms with van der Waals surface area (Å²) in [7, 11) is 0. The van der Waals surface area contributed by atoms with Crippen molar-refractivity contribution in [2.75, 3.05) is 0 Å². The molecule has 5 amide bonds. The fourth-order valence-corrected chi connectivity index (χ4v) is 3.79. The lowest BCUT2D eigenvalue weighted by Gasteiger charge is -2.25. The van der Waals surface area contributed by atoms with Gasteiger partial charge in [0.2, 0.25) is 29.5 Å². The van der Waals surface area contributed by atoms with Crippen LogP contribution in [0.1, 0.15) is 31.0 Å². The Morgan fingerprint density at radius 2 is 1.35 bits per heavy atom. The zero-order chi connectivity index (χ0) is 32.1. The van der Waals surface area contributed by atoms with E-state index in [1.54, 1.807) is 30.3 Å². The van der Waals surface area contributed by atoms with Gasteiger partial charge in [-0.2, -0.15) is 0 Å². The molecule has 2 aromatic rings. The first-order valence-electron chi connectivity index (χ1n) is 13.0. The van der Waals surface area contributed by atoms with Crippen molar-refractivity contribution in [2.24, 2.45) is 11.5 Å². The van der Waals surface area contributed by atoms with Gasteiger partial charge in [0, 0.05) is 24.7 Å². The van der Waals surface area contributed by atoms with E-state index >= 15 is 0 Å².